The zero-order chi connectivity index (χ0) is 8.06. The van der Waals surface area contributed by atoms with Crippen LogP contribution >= 0.6 is 0 Å². The normalized spacial score (nSPS) is 34.4. The van der Waals surface area contributed by atoms with Crippen molar-refractivity contribution in [1.29, 1.82) is 0 Å². The predicted molar refractivity (Wildman–Crippen MR) is 39.9 cm³/mol. The predicted octanol–water partition coefficient (Wildman–Crippen LogP) is 0.153. The molecule has 0 spiro atoms. The largest absolute Gasteiger partial charge is 0.298 e. The van der Waals surface area contributed by atoms with Crippen LogP contribution in [0.4, 0.5) is 0 Å². The Labute approximate surface area is 65.7 Å². The Morgan fingerprint density at radius 2 is 1.82 bits per heavy atom. The van der Waals surface area contributed by atoms with Gasteiger partial charge in [0, 0.05) is 5.92 Å². The van der Waals surface area contributed by atoms with Gasteiger partial charge < -0.3 is 0 Å². The van der Waals surface area contributed by atoms with Crippen LogP contribution in [0.5, 0.6) is 0 Å². The summed E-state index contributed by atoms with van der Waals surface area (Å²) in [5.41, 5.74) is 0. The molecule has 0 aromatic rings. The van der Waals surface area contributed by atoms with Gasteiger partial charge in [-0.3, -0.25) is 4.79 Å². The maximum atomic E-state index is 11.2. The molecular formula is C7H10O3S. The molecule has 0 aromatic carbocycles. The monoisotopic (exact) mass is 174 g/mol. The number of sulfone groups is 1. The molecule has 11 heavy (non-hydrogen) atoms. The summed E-state index contributed by atoms with van der Waals surface area (Å²) in [5.74, 6) is 0.294. The molecule has 3 nitrogen and oxygen atoms in total. The van der Waals surface area contributed by atoms with Gasteiger partial charge in [-0.05, 0) is 19.3 Å². The summed E-state index contributed by atoms with van der Waals surface area (Å²) in [6.45, 7) is 0. The van der Waals surface area contributed by atoms with Crippen molar-refractivity contribution in [3.8, 4) is 0 Å². The van der Waals surface area contributed by atoms with Gasteiger partial charge in [-0.1, -0.05) is 0 Å². The van der Waals surface area contributed by atoms with Gasteiger partial charge >= 0.3 is 0 Å². The fraction of sp³-hybridized carbons (Fsp3) is 0.857. The second-order valence-electron chi connectivity index (χ2n) is 3.32. The maximum Gasteiger partial charge on any atom is 0.160 e. The van der Waals surface area contributed by atoms with E-state index in [1.54, 1.807) is 0 Å². The highest BCUT2D eigenvalue weighted by atomic mass is 32.2. The maximum absolute atomic E-state index is 11.2. The Morgan fingerprint density at radius 1 is 1.18 bits per heavy atom. The summed E-state index contributed by atoms with van der Waals surface area (Å²) < 4.78 is 21.9. The third-order valence-corrected chi connectivity index (χ3v) is 4.53. The van der Waals surface area contributed by atoms with Crippen molar-refractivity contribution in [3.63, 3.8) is 0 Å². The fourth-order valence-electron chi connectivity index (χ4n) is 1.38. The topological polar surface area (TPSA) is 51.2 Å². The van der Waals surface area contributed by atoms with Gasteiger partial charge in [-0.2, -0.15) is 0 Å². The molecule has 1 saturated heterocycles. The summed E-state index contributed by atoms with van der Waals surface area (Å²) in [5, 5.41) is -0.616. The van der Waals surface area contributed by atoms with Crippen molar-refractivity contribution >= 4 is 15.6 Å². The first-order valence-electron chi connectivity index (χ1n) is 3.86. The van der Waals surface area contributed by atoms with Crippen molar-refractivity contribution in [3.05, 3.63) is 0 Å². The van der Waals surface area contributed by atoms with Crippen molar-refractivity contribution in [2.75, 3.05) is 5.75 Å². The van der Waals surface area contributed by atoms with Crippen LogP contribution in [0.3, 0.4) is 0 Å². The lowest BCUT2D eigenvalue weighted by Gasteiger charge is -2.24. The lowest BCUT2D eigenvalue weighted by Crippen LogP contribution is -2.43. The second kappa shape index (κ2) is 2.06. The highest BCUT2D eigenvalue weighted by molar-refractivity contribution is 7.94. The van der Waals surface area contributed by atoms with Crippen molar-refractivity contribution in [2.24, 2.45) is 5.92 Å². The Hall–Kier alpha value is -0.380. The van der Waals surface area contributed by atoms with Gasteiger partial charge in [-0.25, -0.2) is 8.42 Å². The SMILES string of the molecule is O=C(C1CC1)C1CCS1(=O)=O. The van der Waals surface area contributed by atoms with Crippen molar-refractivity contribution in [1.82, 2.24) is 0 Å². The Kier molecular flexibility index (Phi) is 1.36. The van der Waals surface area contributed by atoms with Gasteiger partial charge in [0.2, 0.25) is 0 Å². The van der Waals surface area contributed by atoms with E-state index in [0.29, 0.717) is 6.42 Å². The van der Waals surface area contributed by atoms with Crippen molar-refractivity contribution in [2.45, 2.75) is 24.5 Å². The number of carbonyl (C=O) groups is 1. The zero-order valence-electron chi connectivity index (χ0n) is 6.12. The van der Waals surface area contributed by atoms with Crippen LogP contribution in [0.2, 0.25) is 0 Å². The van der Waals surface area contributed by atoms with E-state index in [2.05, 4.69) is 0 Å². The first kappa shape index (κ1) is 7.28. The molecule has 0 amide bonds. The molecule has 1 aliphatic carbocycles. The molecule has 1 unspecified atom stereocenters. The van der Waals surface area contributed by atoms with E-state index in [4.69, 9.17) is 0 Å². The van der Waals surface area contributed by atoms with Crippen LogP contribution in [0.1, 0.15) is 19.3 Å². The minimum absolute atomic E-state index is 0.0174. The molecular weight excluding hydrogens is 164 g/mol. The van der Waals surface area contributed by atoms with Gasteiger partial charge in [0.1, 0.15) is 5.25 Å². The number of Topliss-reactive ketones (excluding diaryl/α,β-unsaturated/α-hetero) is 1. The van der Waals surface area contributed by atoms with Crippen molar-refractivity contribution < 1.29 is 13.2 Å². The molecule has 0 radical (unpaired) electrons. The second-order valence-corrected chi connectivity index (χ2v) is 5.62. The van der Waals surface area contributed by atoms with E-state index in [1.165, 1.54) is 0 Å². The number of ketones is 1. The summed E-state index contributed by atoms with van der Waals surface area (Å²) in [4.78, 5) is 11.2. The lowest BCUT2D eigenvalue weighted by atomic mass is 10.1. The summed E-state index contributed by atoms with van der Waals surface area (Å²) in [7, 11) is -2.98. The van der Waals surface area contributed by atoms with E-state index >= 15 is 0 Å². The highest BCUT2D eigenvalue weighted by Gasteiger charge is 2.46. The quantitative estimate of drug-likeness (QED) is 0.599. The molecule has 2 rings (SSSR count). The molecule has 2 fully saturated rings. The highest BCUT2D eigenvalue weighted by Crippen LogP contribution is 2.35. The van der Waals surface area contributed by atoms with E-state index in [9.17, 15) is 13.2 Å². The molecule has 2 aliphatic rings. The number of rotatable bonds is 2. The van der Waals surface area contributed by atoms with E-state index in [1.807, 2.05) is 0 Å². The molecule has 1 atom stereocenters. The smallest absolute Gasteiger partial charge is 0.160 e. The standard InChI is InChI=1S/C7H10O3S/c8-7(5-1-2-5)6-3-4-11(6,9)10/h5-6H,1-4H2. The third-order valence-electron chi connectivity index (χ3n) is 2.40. The van der Waals surface area contributed by atoms with E-state index in [0.717, 1.165) is 12.8 Å². The molecule has 1 aliphatic heterocycles. The number of carbonyl (C=O) groups excluding carboxylic acids is 1. The average Bonchev–Trinajstić information content (AvgIpc) is 2.66. The van der Waals surface area contributed by atoms with Gasteiger partial charge in [0.05, 0.1) is 5.75 Å². The molecule has 0 bridgehead atoms. The Balaban J connectivity index is 2.11. The third kappa shape index (κ3) is 1.09. The molecule has 62 valence electrons. The minimum Gasteiger partial charge on any atom is -0.298 e. The van der Waals surface area contributed by atoms with Crippen LogP contribution in [-0.2, 0) is 14.6 Å². The lowest BCUT2D eigenvalue weighted by molar-refractivity contribution is -0.120. The van der Waals surface area contributed by atoms with Crippen LogP contribution in [-0.4, -0.2) is 25.2 Å². The summed E-state index contributed by atoms with van der Waals surface area (Å²) in [6, 6.07) is 0. The molecule has 1 heterocycles. The van der Waals surface area contributed by atoms with Gasteiger partial charge in [0.25, 0.3) is 0 Å². The fourth-order valence-corrected chi connectivity index (χ4v) is 2.78. The van der Waals surface area contributed by atoms with Crippen LogP contribution < -0.4 is 0 Å². The number of hydrogen-bond acceptors (Lipinski definition) is 3. The van der Waals surface area contributed by atoms with Crippen LogP contribution in [0.25, 0.3) is 0 Å². The Bertz CT molecular complexity index is 287. The van der Waals surface area contributed by atoms with E-state index < -0.39 is 15.1 Å². The first-order chi connectivity index (χ1) is 5.11. The first-order valence-corrected chi connectivity index (χ1v) is 5.58. The molecule has 1 saturated carbocycles. The summed E-state index contributed by atoms with van der Waals surface area (Å²) in [6.07, 6.45) is 2.38. The minimum atomic E-state index is -2.98. The summed E-state index contributed by atoms with van der Waals surface area (Å²) >= 11 is 0. The zero-order valence-corrected chi connectivity index (χ0v) is 6.93. The van der Waals surface area contributed by atoms with E-state index in [-0.39, 0.29) is 17.5 Å². The molecule has 0 N–H and O–H groups in total. The van der Waals surface area contributed by atoms with Crippen LogP contribution in [0, 0.1) is 5.92 Å². The Morgan fingerprint density at radius 3 is 2.09 bits per heavy atom. The van der Waals surface area contributed by atoms with Gasteiger partial charge in [0.15, 0.2) is 15.6 Å². The van der Waals surface area contributed by atoms with Gasteiger partial charge in [-0.15, -0.1) is 0 Å². The number of hydrogen-bond donors (Lipinski definition) is 0. The molecule has 4 heteroatoms. The molecule has 0 aromatic heterocycles. The average molecular weight is 174 g/mol. The van der Waals surface area contributed by atoms with Crippen LogP contribution in [0.15, 0.2) is 0 Å².